The van der Waals surface area contributed by atoms with Crippen LogP contribution in [0.25, 0.3) is 0 Å². The molecule has 0 spiro atoms. The van der Waals surface area contributed by atoms with Crippen molar-refractivity contribution in [2.75, 3.05) is 6.61 Å². The average molecular weight is 236 g/mol. The summed E-state index contributed by atoms with van der Waals surface area (Å²) >= 11 is 0. The lowest BCUT2D eigenvalue weighted by Crippen LogP contribution is -2.14. The van der Waals surface area contributed by atoms with E-state index in [2.05, 4.69) is 13.8 Å². The van der Waals surface area contributed by atoms with Gasteiger partial charge in [-0.2, -0.15) is 0 Å². The molecule has 0 unspecified atom stereocenters. The lowest BCUT2D eigenvalue weighted by atomic mass is 10.2. The summed E-state index contributed by atoms with van der Waals surface area (Å²) in [5.41, 5.74) is 0.602. The van der Waals surface area contributed by atoms with Gasteiger partial charge in [-0.3, -0.25) is 4.79 Å². The largest absolute Gasteiger partial charge is 0.490 e. The zero-order chi connectivity index (χ0) is 12.7. The molecule has 0 aromatic heterocycles. The van der Waals surface area contributed by atoms with Gasteiger partial charge in [0.2, 0.25) is 0 Å². The lowest BCUT2D eigenvalue weighted by molar-refractivity contribution is 0.112. The molecule has 0 aliphatic carbocycles. The first-order valence-corrected chi connectivity index (χ1v) is 6.13. The highest BCUT2D eigenvalue weighted by Crippen LogP contribution is 2.29. The van der Waals surface area contributed by atoms with Crippen molar-refractivity contribution in [2.24, 2.45) is 0 Å². The highest BCUT2D eigenvalue weighted by molar-refractivity contribution is 5.76. The summed E-state index contributed by atoms with van der Waals surface area (Å²) in [6.07, 6.45) is 2.91. The van der Waals surface area contributed by atoms with E-state index in [1.165, 1.54) is 0 Å². The normalized spacial score (nSPS) is 10.4. The molecule has 0 saturated heterocycles. The van der Waals surface area contributed by atoms with Crippen LogP contribution in [0.3, 0.4) is 0 Å². The molecule has 1 aromatic carbocycles. The van der Waals surface area contributed by atoms with E-state index in [4.69, 9.17) is 9.47 Å². The summed E-state index contributed by atoms with van der Waals surface area (Å²) in [4.78, 5) is 10.7. The summed E-state index contributed by atoms with van der Waals surface area (Å²) in [5, 5.41) is 0. The van der Waals surface area contributed by atoms with Crippen LogP contribution in [-0.4, -0.2) is 19.0 Å². The first kappa shape index (κ1) is 13.6. The molecule has 0 N–H and O–H groups in total. The molecule has 0 aliphatic heterocycles. The highest BCUT2D eigenvalue weighted by Gasteiger charge is 2.11. The smallest absolute Gasteiger partial charge is 0.161 e. The lowest BCUT2D eigenvalue weighted by Gasteiger charge is -2.18. The third-order valence-corrected chi connectivity index (χ3v) is 2.61. The van der Waals surface area contributed by atoms with Crippen molar-refractivity contribution in [3.63, 3.8) is 0 Å². The molecule has 94 valence electrons. The predicted molar refractivity (Wildman–Crippen MR) is 68.0 cm³/mol. The topological polar surface area (TPSA) is 35.5 Å². The molecular formula is C14H20O3. The molecule has 17 heavy (non-hydrogen) atoms. The summed E-state index contributed by atoms with van der Waals surface area (Å²) < 4.78 is 11.3. The molecule has 1 rings (SSSR count). The average Bonchev–Trinajstić information content (AvgIpc) is 2.37. The van der Waals surface area contributed by atoms with E-state index in [9.17, 15) is 4.79 Å². The Bertz CT molecular complexity index is 356. The molecule has 0 heterocycles. The molecule has 0 saturated carbocycles. The molecule has 0 amide bonds. The maximum atomic E-state index is 10.7. The van der Waals surface area contributed by atoms with Crippen molar-refractivity contribution in [1.82, 2.24) is 0 Å². The molecule has 0 radical (unpaired) electrons. The molecular weight excluding hydrogens is 216 g/mol. The van der Waals surface area contributed by atoms with Gasteiger partial charge in [0.15, 0.2) is 11.5 Å². The van der Waals surface area contributed by atoms with Gasteiger partial charge in [-0.1, -0.05) is 13.8 Å². The van der Waals surface area contributed by atoms with Crippen LogP contribution in [0.5, 0.6) is 11.5 Å². The fourth-order valence-corrected chi connectivity index (χ4v) is 1.60. The maximum Gasteiger partial charge on any atom is 0.161 e. The van der Waals surface area contributed by atoms with Gasteiger partial charge in [0.25, 0.3) is 0 Å². The van der Waals surface area contributed by atoms with Gasteiger partial charge in [0.1, 0.15) is 6.29 Å². The first-order valence-electron chi connectivity index (χ1n) is 6.13. The monoisotopic (exact) mass is 236 g/mol. The van der Waals surface area contributed by atoms with Gasteiger partial charge >= 0.3 is 0 Å². The Labute approximate surface area is 103 Å². The zero-order valence-electron chi connectivity index (χ0n) is 10.7. The standard InChI is InChI=1S/C14H20O3/c1-4-12(5-2)17-13-8-7-11(10-15)9-14(13)16-6-3/h7-10,12H,4-6H2,1-3H3. The quantitative estimate of drug-likeness (QED) is 0.680. The third-order valence-electron chi connectivity index (χ3n) is 2.61. The minimum Gasteiger partial charge on any atom is -0.490 e. The molecule has 0 aliphatic rings. The Morgan fingerprint density at radius 1 is 1.18 bits per heavy atom. The number of benzene rings is 1. The molecule has 0 atom stereocenters. The van der Waals surface area contributed by atoms with Gasteiger partial charge in [-0.05, 0) is 38.0 Å². The van der Waals surface area contributed by atoms with Crippen LogP contribution in [0.1, 0.15) is 44.0 Å². The molecule has 0 fully saturated rings. The van der Waals surface area contributed by atoms with Gasteiger partial charge < -0.3 is 9.47 Å². The Balaban J connectivity index is 2.92. The number of carbonyl (C=O) groups excluding carboxylic acids is 1. The predicted octanol–water partition coefficient (Wildman–Crippen LogP) is 3.47. The van der Waals surface area contributed by atoms with Crippen LogP contribution >= 0.6 is 0 Å². The van der Waals surface area contributed by atoms with E-state index >= 15 is 0 Å². The Hall–Kier alpha value is -1.51. The molecule has 3 nitrogen and oxygen atoms in total. The second-order valence-electron chi connectivity index (χ2n) is 3.81. The van der Waals surface area contributed by atoms with E-state index in [-0.39, 0.29) is 6.10 Å². The second kappa shape index (κ2) is 6.94. The SMILES string of the molecule is CCOc1cc(C=O)ccc1OC(CC)CC. The van der Waals surface area contributed by atoms with Gasteiger partial charge in [0.05, 0.1) is 12.7 Å². The summed E-state index contributed by atoms with van der Waals surface area (Å²) in [6.45, 7) is 6.65. The summed E-state index contributed by atoms with van der Waals surface area (Å²) in [5.74, 6) is 1.36. The highest BCUT2D eigenvalue weighted by atomic mass is 16.5. The van der Waals surface area contributed by atoms with Gasteiger partial charge in [-0.15, -0.1) is 0 Å². The first-order chi connectivity index (χ1) is 8.24. The van der Waals surface area contributed by atoms with Crippen molar-refractivity contribution < 1.29 is 14.3 Å². The maximum absolute atomic E-state index is 10.7. The second-order valence-corrected chi connectivity index (χ2v) is 3.81. The van der Waals surface area contributed by atoms with Crippen LogP contribution in [0.4, 0.5) is 0 Å². The van der Waals surface area contributed by atoms with Crippen molar-refractivity contribution in [2.45, 2.75) is 39.7 Å². The van der Waals surface area contributed by atoms with E-state index in [0.717, 1.165) is 19.1 Å². The Morgan fingerprint density at radius 2 is 1.88 bits per heavy atom. The number of aldehydes is 1. The van der Waals surface area contributed by atoms with Gasteiger partial charge in [0, 0.05) is 5.56 Å². The fourth-order valence-electron chi connectivity index (χ4n) is 1.60. The fraction of sp³-hybridized carbons (Fsp3) is 0.500. The molecule has 1 aromatic rings. The van der Waals surface area contributed by atoms with E-state index < -0.39 is 0 Å². The Kier molecular flexibility index (Phi) is 5.53. The minimum absolute atomic E-state index is 0.191. The Morgan fingerprint density at radius 3 is 2.41 bits per heavy atom. The van der Waals surface area contributed by atoms with Crippen molar-refractivity contribution >= 4 is 6.29 Å². The van der Waals surface area contributed by atoms with Crippen molar-refractivity contribution in [3.8, 4) is 11.5 Å². The molecule has 0 bridgehead atoms. The molecule has 3 heteroatoms. The number of hydrogen-bond donors (Lipinski definition) is 0. The minimum atomic E-state index is 0.191. The van der Waals surface area contributed by atoms with Crippen LogP contribution in [0.15, 0.2) is 18.2 Å². The number of ether oxygens (including phenoxy) is 2. The van der Waals surface area contributed by atoms with E-state index in [0.29, 0.717) is 23.7 Å². The van der Waals surface area contributed by atoms with Crippen LogP contribution in [0.2, 0.25) is 0 Å². The van der Waals surface area contributed by atoms with Crippen molar-refractivity contribution in [3.05, 3.63) is 23.8 Å². The van der Waals surface area contributed by atoms with Crippen LogP contribution < -0.4 is 9.47 Å². The van der Waals surface area contributed by atoms with Crippen LogP contribution in [-0.2, 0) is 0 Å². The van der Waals surface area contributed by atoms with E-state index in [1.54, 1.807) is 18.2 Å². The van der Waals surface area contributed by atoms with Crippen molar-refractivity contribution in [1.29, 1.82) is 0 Å². The zero-order valence-corrected chi connectivity index (χ0v) is 10.7. The summed E-state index contributed by atoms with van der Waals surface area (Å²) in [6, 6.07) is 5.26. The van der Waals surface area contributed by atoms with Crippen LogP contribution in [0, 0.1) is 0 Å². The van der Waals surface area contributed by atoms with E-state index in [1.807, 2.05) is 6.92 Å². The number of hydrogen-bond acceptors (Lipinski definition) is 3. The number of carbonyl (C=O) groups is 1. The third kappa shape index (κ3) is 3.77. The number of rotatable bonds is 7. The van der Waals surface area contributed by atoms with Gasteiger partial charge in [-0.25, -0.2) is 0 Å². The summed E-state index contributed by atoms with van der Waals surface area (Å²) in [7, 11) is 0.